The molecule has 1 rings (SSSR count). The molecule has 0 aliphatic carbocycles. The third-order valence-corrected chi connectivity index (χ3v) is 2.59. The molecule has 13 heavy (non-hydrogen) atoms. The Morgan fingerprint density at radius 3 is 2.62 bits per heavy atom. The molecule has 0 spiro atoms. The molecule has 1 unspecified atom stereocenters. The highest BCUT2D eigenvalue weighted by atomic mass is 79.9. The number of ether oxygens (including phenoxy) is 1. The van der Waals surface area contributed by atoms with Crippen molar-refractivity contribution in [1.82, 2.24) is 4.98 Å². The van der Waals surface area contributed by atoms with Gasteiger partial charge >= 0.3 is 0 Å². The summed E-state index contributed by atoms with van der Waals surface area (Å²) in [6.45, 7) is 4.24. The van der Waals surface area contributed by atoms with Crippen molar-refractivity contribution in [1.29, 1.82) is 0 Å². The number of aromatic nitrogens is 1. The Morgan fingerprint density at radius 1 is 1.46 bits per heavy atom. The van der Waals surface area contributed by atoms with E-state index in [2.05, 4.69) is 34.8 Å². The molecule has 0 bridgehead atoms. The van der Waals surface area contributed by atoms with E-state index in [1.165, 1.54) is 0 Å². The molecule has 1 aromatic rings. The minimum absolute atomic E-state index is 0.0653. The van der Waals surface area contributed by atoms with Crippen molar-refractivity contribution >= 4 is 15.9 Å². The summed E-state index contributed by atoms with van der Waals surface area (Å²) in [6, 6.07) is 3.89. The first-order valence-corrected chi connectivity index (χ1v) is 5.09. The lowest BCUT2D eigenvalue weighted by molar-refractivity contribution is 0.0606. The topological polar surface area (TPSA) is 22.1 Å². The number of hydrogen-bond acceptors (Lipinski definition) is 2. The Hall–Kier alpha value is -0.410. The first-order valence-electron chi connectivity index (χ1n) is 4.30. The van der Waals surface area contributed by atoms with E-state index in [0.717, 1.165) is 10.2 Å². The Bertz CT molecular complexity index is 275. The highest BCUT2D eigenvalue weighted by Crippen LogP contribution is 2.28. The van der Waals surface area contributed by atoms with Crippen molar-refractivity contribution in [3.63, 3.8) is 0 Å². The average molecular weight is 244 g/mol. The van der Waals surface area contributed by atoms with Crippen molar-refractivity contribution in [3.05, 3.63) is 28.5 Å². The first kappa shape index (κ1) is 10.7. The molecule has 0 N–H and O–H groups in total. The molecule has 0 amide bonds. The third-order valence-electron chi connectivity index (χ3n) is 1.92. The van der Waals surface area contributed by atoms with Crippen LogP contribution in [0, 0.1) is 5.92 Å². The van der Waals surface area contributed by atoms with Crippen molar-refractivity contribution < 1.29 is 4.74 Å². The van der Waals surface area contributed by atoms with Crippen molar-refractivity contribution in [2.75, 3.05) is 7.11 Å². The van der Waals surface area contributed by atoms with Gasteiger partial charge in [0.15, 0.2) is 0 Å². The van der Waals surface area contributed by atoms with E-state index < -0.39 is 0 Å². The van der Waals surface area contributed by atoms with Gasteiger partial charge in [0.2, 0.25) is 0 Å². The fourth-order valence-corrected chi connectivity index (χ4v) is 1.79. The second-order valence-electron chi connectivity index (χ2n) is 3.27. The minimum Gasteiger partial charge on any atom is -0.375 e. The normalized spacial score (nSPS) is 13.3. The summed E-state index contributed by atoms with van der Waals surface area (Å²) in [5.41, 5.74) is 0.972. The highest BCUT2D eigenvalue weighted by Gasteiger charge is 2.18. The maximum atomic E-state index is 5.39. The van der Waals surface area contributed by atoms with E-state index in [9.17, 15) is 0 Å². The number of methoxy groups -OCH3 is 1. The zero-order chi connectivity index (χ0) is 9.84. The second-order valence-corrected chi connectivity index (χ2v) is 4.13. The average Bonchev–Trinajstić information content (AvgIpc) is 2.09. The predicted molar refractivity (Wildman–Crippen MR) is 56.5 cm³/mol. The van der Waals surface area contributed by atoms with Gasteiger partial charge in [-0.2, -0.15) is 0 Å². The third kappa shape index (κ3) is 2.51. The molecule has 0 aromatic carbocycles. The summed E-state index contributed by atoms with van der Waals surface area (Å²) in [6.07, 6.45) is 1.85. The molecule has 0 saturated heterocycles. The predicted octanol–water partition coefficient (Wildman–Crippen LogP) is 3.19. The molecule has 72 valence electrons. The highest BCUT2D eigenvalue weighted by molar-refractivity contribution is 9.10. The summed E-state index contributed by atoms with van der Waals surface area (Å²) in [5, 5.41) is 0. The number of pyridine rings is 1. The van der Waals surface area contributed by atoms with Gasteiger partial charge in [0.25, 0.3) is 0 Å². The summed E-state index contributed by atoms with van der Waals surface area (Å²) in [5.74, 6) is 0.427. The lowest BCUT2D eigenvalue weighted by Gasteiger charge is -2.19. The molecule has 1 heterocycles. The van der Waals surface area contributed by atoms with Gasteiger partial charge in [0.1, 0.15) is 6.10 Å². The van der Waals surface area contributed by atoms with Crippen LogP contribution in [0.4, 0.5) is 0 Å². The first-order chi connectivity index (χ1) is 6.16. The SMILES string of the molecule is COC(c1ncccc1Br)C(C)C. The zero-order valence-electron chi connectivity index (χ0n) is 8.12. The molecule has 0 aliphatic rings. The lowest BCUT2D eigenvalue weighted by Crippen LogP contribution is -2.11. The Labute approximate surface area is 87.5 Å². The standard InChI is InChI=1S/C10H14BrNO/c1-7(2)10(13-3)9-8(11)5-4-6-12-9/h4-7,10H,1-3H3. The number of hydrogen-bond donors (Lipinski definition) is 0. The summed E-state index contributed by atoms with van der Waals surface area (Å²) in [4.78, 5) is 4.30. The molecule has 1 aromatic heterocycles. The molecule has 2 nitrogen and oxygen atoms in total. The Morgan fingerprint density at radius 2 is 2.15 bits per heavy atom. The van der Waals surface area contributed by atoms with E-state index in [4.69, 9.17) is 4.74 Å². The fraction of sp³-hybridized carbons (Fsp3) is 0.500. The van der Waals surface area contributed by atoms with Crippen LogP contribution in [0.5, 0.6) is 0 Å². The molecular weight excluding hydrogens is 230 g/mol. The fourth-order valence-electron chi connectivity index (χ4n) is 1.31. The van der Waals surface area contributed by atoms with E-state index in [1.807, 2.05) is 12.1 Å². The Balaban J connectivity index is 2.97. The van der Waals surface area contributed by atoms with E-state index in [-0.39, 0.29) is 6.10 Å². The van der Waals surface area contributed by atoms with E-state index in [1.54, 1.807) is 13.3 Å². The van der Waals surface area contributed by atoms with Gasteiger partial charge in [0, 0.05) is 17.8 Å². The molecular formula is C10H14BrNO. The van der Waals surface area contributed by atoms with Crippen LogP contribution < -0.4 is 0 Å². The number of rotatable bonds is 3. The van der Waals surface area contributed by atoms with Crippen LogP contribution in [-0.2, 0) is 4.74 Å². The monoisotopic (exact) mass is 243 g/mol. The number of nitrogens with zero attached hydrogens (tertiary/aromatic N) is 1. The summed E-state index contributed by atoms with van der Waals surface area (Å²) >= 11 is 3.46. The molecule has 0 saturated carbocycles. The maximum absolute atomic E-state index is 5.39. The van der Waals surface area contributed by atoms with Crippen LogP contribution in [0.25, 0.3) is 0 Å². The van der Waals surface area contributed by atoms with Gasteiger partial charge in [-0.1, -0.05) is 13.8 Å². The van der Waals surface area contributed by atoms with Crippen molar-refractivity contribution in [2.45, 2.75) is 20.0 Å². The van der Waals surface area contributed by atoms with Crippen molar-refractivity contribution in [2.24, 2.45) is 5.92 Å². The minimum atomic E-state index is 0.0653. The molecule has 0 aliphatic heterocycles. The van der Waals surface area contributed by atoms with Crippen LogP contribution in [0.15, 0.2) is 22.8 Å². The largest absolute Gasteiger partial charge is 0.375 e. The van der Waals surface area contributed by atoms with Crippen LogP contribution in [0.2, 0.25) is 0 Å². The maximum Gasteiger partial charge on any atom is 0.102 e. The van der Waals surface area contributed by atoms with E-state index >= 15 is 0 Å². The number of halogens is 1. The van der Waals surface area contributed by atoms with Gasteiger partial charge in [-0.15, -0.1) is 0 Å². The Kier molecular flexibility index (Phi) is 3.88. The van der Waals surface area contributed by atoms with Gasteiger partial charge in [-0.3, -0.25) is 4.98 Å². The molecule has 0 fully saturated rings. The van der Waals surface area contributed by atoms with Crippen LogP contribution in [-0.4, -0.2) is 12.1 Å². The molecule has 1 atom stereocenters. The van der Waals surface area contributed by atoms with Gasteiger partial charge in [-0.05, 0) is 34.0 Å². The van der Waals surface area contributed by atoms with Crippen LogP contribution in [0.3, 0.4) is 0 Å². The summed E-state index contributed by atoms with van der Waals surface area (Å²) < 4.78 is 6.40. The van der Waals surface area contributed by atoms with Gasteiger partial charge in [-0.25, -0.2) is 0 Å². The second kappa shape index (κ2) is 4.72. The zero-order valence-corrected chi connectivity index (χ0v) is 9.71. The smallest absolute Gasteiger partial charge is 0.102 e. The molecule has 3 heteroatoms. The van der Waals surface area contributed by atoms with Crippen LogP contribution in [0.1, 0.15) is 25.6 Å². The lowest BCUT2D eigenvalue weighted by atomic mass is 10.0. The van der Waals surface area contributed by atoms with E-state index in [0.29, 0.717) is 5.92 Å². The van der Waals surface area contributed by atoms with Crippen molar-refractivity contribution in [3.8, 4) is 0 Å². The van der Waals surface area contributed by atoms with Gasteiger partial charge in [0.05, 0.1) is 5.69 Å². The summed E-state index contributed by atoms with van der Waals surface area (Å²) in [7, 11) is 1.71. The quantitative estimate of drug-likeness (QED) is 0.814. The van der Waals surface area contributed by atoms with Crippen LogP contribution >= 0.6 is 15.9 Å². The van der Waals surface area contributed by atoms with Gasteiger partial charge < -0.3 is 4.74 Å². The molecule has 0 radical (unpaired) electrons.